The highest BCUT2D eigenvalue weighted by Gasteiger charge is 2.03. The summed E-state index contributed by atoms with van der Waals surface area (Å²) < 4.78 is 5.22. The molecule has 1 aromatic carbocycles. The van der Waals surface area contributed by atoms with Crippen LogP contribution in [0.4, 0.5) is 0 Å². The summed E-state index contributed by atoms with van der Waals surface area (Å²) in [4.78, 5) is 11.6. The van der Waals surface area contributed by atoms with Crippen molar-refractivity contribution in [2.45, 2.75) is 40.0 Å². The maximum atomic E-state index is 11.6. The normalized spacial score (nSPS) is 12.1. The zero-order valence-electron chi connectivity index (χ0n) is 13.3. The Balaban J connectivity index is 2.18. The van der Waals surface area contributed by atoms with Crippen molar-refractivity contribution in [3.63, 3.8) is 0 Å². The first kappa shape index (κ1) is 17.2. The second-order valence-corrected chi connectivity index (χ2v) is 5.66. The molecule has 0 aliphatic heterocycles. The summed E-state index contributed by atoms with van der Waals surface area (Å²) in [7, 11) is 0. The van der Waals surface area contributed by atoms with Gasteiger partial charge in [0.2, 0.25) is 0 Å². The standard InChI is InChI=1S/C19H26O2/c1-16(2)8-7-9-17(3)14-15-21-19(20)13-12-18-10-5-4-6-11-18/h4-6,8,10-13,17H,7,9,14-15H2,1-3H3. The second-order valence-electron chi connectivity index (χ2n) is 5.66. The van der Waals surface area contributed by atoms with Crippen LogP contribution in [0, 0.1) is 5.92 Å². The van der Waals surface area contributed by atoms with E-state index in [-0.39, 0.29) is 5.97 Å². The molecule has 0 radical (unpaired) electrons. The summed E-state index contributed by atoms with van der Waals surface area (Å²) in [6.45, 7) is 6.93. The van der Waals surface area contributed by atoms with Crippen LogP contribution in [0.15, 0.2) is 48.1 Å². The van der Waals surface area contributed by atoms with E-state index in [1.165, 1.54) is 11.6 Å². The molecular formula is C19H26O2. The maximum Gasteiger partial charge on any atom is 0.330 e. The van der Waals surface area contributed by atoms with Crippen LogP contribution in [-0.4, -0.2) is 12.6 Å². The van der Waals surface area contributed by atoms with Gasteiger partial charge in [-0.2, -0.15) is 0 Å². The van der Waals surface area contributed by atoms with Crippen molar-refractivity contribution in [3.05, 3.63) is 53.6 Å². The minimum absolute atomic E-state index is 0.268. The predicted octanol–water partition coefficient (Wildman–Crippen LogP) is 5.02. The third-order valence-corrected chi connectivity index (χ3v) is 3.28. The molecule has 2 heteroatoms. The van der Waals surface area contributed by atoms with Gasteiger partial charge in [-0.1, -0.05) is 48.9 Å². The number of benzene rings is 1. The molecule has 2 nitrogen and oxygen atoms in total. The van der Waals surface area contributed by atoms with Gasteiger partial charge in [-0.15, -0.1) is 0 Å². The molecule has 1 atom stereocenters. The van der Waals surface area contributed by atoms with E-state index in [2.05, 4.69) is 26.8 Å². The predicted molar refractivity (Wildman–Crippen MR) is 88.9 cm³/mol. The van der Waals surface area contributed by atoms with Gasteiger partial charge in [0, 0.05) is 6.08 Å². The van der Waals surface area contributed by atoms with Crippen molar-refractivity contribution in [1.29, 1.82) is 0 Å². The minimum Gasteiger partial charge on any atom is -0.463 e. The lowest BCUT2D eigenvalue weighted by atomic mass is 10.0. The van der Waals surface area contributed by atoms with E-state index in [9.17, 15) is 4.79 Å². The van der Waals surface area contributed by atoms with Gasteiger partial charge in [0.15, 0.2) is 0 Å². The first-order chi connectivity index (χ1) is 10.1. The summed E-state index contributed by atoms with van der Waals surface area (Å²) >= 11 is 0. The third-order valence-electron chi connectivity index (χ3n) is 3.28. The Morgan fingerprint density at radius 2 is 1.90 bits per heavy atom. The summed E-state index contributed by atoms with van der Waals surface area (Å²) in [6.07, 6.45) is 8.68. The number of hydrogen-bond donors (Lipinski definition) is 0. The molecular weight excluding hydrogens is 260 g/mol. The fourth-order valence-corrected chi connectivity index (χ4v) is 1.94. The molecule has 0 saturated heterocycles. The van der Waals surface area contributed by atoms with Gasteiger partial charge in [-0.25, -0.2) is 4.79 Å². The average Bonchev–Trinajstić information content (AvgIpc) is 2.46. The maximum absolute atomic E-state index is 11.6. The van der Waals surface area contributed by atoms with Crippen molar-refractivity contribution in [2.75, 3.05) is 6.61 Å². The van der Waals surface area contributed by atoms with Crippen LogP contribution in [0.25, 0.3) is 6.08 Å². The summed E-state index contributed by atoms with van der Waals surface area (Å²) in [5, 5.41) is 0. The first-order valence-electron chi connectivity index (χ1n) is 7.61. The van der Waals surface area contributed by atoms with Crippen LogP contribution >= 0.6 is 0 Å². The third kappa shape index (κ3) is 8.85. The Labute approximate surface area is 128 Å². The van der Waals surface area contributed by atoms with Crippen LogP contribution in [0.3, 0.4) is 0 Å². The van der Waals surface area contributed by atoms with E-state index in [1.807, 2.05) is 30.3 Å². The van der Waals surface area contributed by atoms with Crippen LogP contribution in [-0.2, 0) is 9.53 Å². The lowest BCUT2D eigenvalue weighted by Gasteiger charge is -2.09. The lowest BCUT2D eigenvalue weighted by Crippen LogP contribution is -2.06. The Bertz CT molecular complexity index is 468. The zero-order chi connectivity index (χ0) is 15.5. The van der Waals surface area contributed by atoms with Crippen molar-refractivity contribution in [1.82, 2.24) is 0 Å². The van der Waals surface area contributed by atoms with E-state index in [0.29, 0.717) is 12.5 Å². The minimum atomic E-state index is -0.268. The van der Waals surface area contributed by atoms with Crippen LogP contribution in [0.2, 0.25) is 0 Å². The largest absolute Gasteiger partial charge is 0.463 e. The number of ether oxygens (including phenoxy) is 1. The highest BCUT2D eigenvalue weighted by Crippen LogP contribution is 2.12. The smallest absolute Gasteiger partial charge is 0.330 e. The van der Waals surface area contributed by atoms with Crippen LogP contribution in [0.5, 0.6) is 0 Å². The molecule has 0 saturated carbocycles. The summed E-state index contributed by atoms with van der Waals surface area (Å²) in [6, 6.07) is 9.74. The lowest BCUT2D eigenvalue weighted by molar-refractivity contribution is -0.138. The van der Waals surface area contributed by atoms with Crippen molar-refractivity contribution in [2.24, 2.45) is 5.92 Å². The fourth-order valence-electron chi connectivity index (χ4n) is 1.94. The molecule has 1 unspecified atom stereocenters. The van der Waals surface area contributed by atoms with Gasteiger partial charge in [-0.3, -0.25) is 0 Å². The Morgan fingerprint density at radius 1 is 1.19 bits per heavy atom. The molecule has 0 aromatic heterocycles. The van der Waals surface area contributed by atoms with Gasteiger partial charge in [0.05, 0.1) is 6.61 Å². The van der Waals surface area contributed by atoms with Gasteiger partial charge >= 0.3 is 5.97 Å². The molecule has 0 heterocycles. The number of carbonyl (C=O) groups excluding carboxylic acids is 1. The van der Waals surface area contributed by atoms with Crippen molar-refractivity contribution >= 4 is 12.0 Å². The number of hydrogen-bond acceptors (Lipinski definition) is 2. The van der Waals surface area contributed by atoms with Crippen LogP contribution in [0.1, 0.15) is 45.6 Å². The van der Waals surface area contributed by atoms with Gasteiger partial charge in [0.1, 0.15) is 0 Å². The molecule has 1 rings (SSSR count). The topological polar surface area (TPSA) is 26.3 Å². The zero-order valence-corrected chi connectivity index (χ0v) is 13.3. The number of carbonyl (C=O) groups is 1. The van der Waals surface area contributed by atoms with E-state index < -0.39 is 0 Å². The van der Waals surface area contributed by atoms with Crippen molar-refractivity contribution in [3.8, 4) is 0 Å². The summed E-state index contributed by atoms with van der Waals surface area (Å²) in [5.41, 5.74) is 2.37. The quantitative estimate of drug-likeness (QED) is 0.381. The molecule has 0 spiro atoms. The Kier molecular flexibility index (Phi) is 8.18. The first-order valence-corrected chi connectivity index (χ1v) is 7.61. The Hall–Kier alpha value is -1.83. The molecule has 0 fully saturated rings. The van der Waals surface area contributed by atoms with Crippen molar-refractivity contribution < 1.29 is 9.53 Å². The van der Waals surface area contributed by atoms with E-state index in [0.717, 1.165) is 24.8 Å². The van der Waals surface area contributed by atoms with E-state index in [1.54, 1.807) is 6.08 Å². The molecule has 1 aromatic rings. The molecule has 114 valence electrons. The van der Waals surface area contributed by atoms with Gasteiger partial charge in [0.25, 0.3) is 0 Å². The molecule has 0 N–H and O–H groups in total. The average molecular weight is 286 g/mol. The number of rotatable bonds is 8. The van der Waals surface area contributed by atoms with Crippen LogP contribution < -0.4 is 0 Å². The molecule has 21 heavy (non-hydrogen) atoms. The molecule has 0 amide bonds. The highest BCUT2D eigenvalue weighted by molar-refractivity contribution is 5.86. The summed E-state index contributed by atoms with van der Waals surface area (Å²) in [5.74, 6) is 0.307. The number of esters is 1. The van der Waals surface area contributed by atoms with Gasteiger partial charge in [-0.05, 0) is 50.7 Å². The van der Waals surface area contributed by atoms with E-state index >= 15 is 0 Å². The monoisotopic (exact) mass is 286 g/mol. The van der Waals surface area contributed by atoms with Gasteiger partial charge < -0.3 is 4.74 Å². The number of allylic oxidation sites excluding steroid dienone is 2. The molecule has 0 aliphatic rings. The molecule has 0 aliphatic carbocycles. The second kappa shape index (κ2) is 9.98. The fraction of sp³-hybridized carbons (Fsp3) is 0.421. The SMILES string of the molecule is CC(C)=CCCC(C)CCOC(=O)C=Cc1ccccc1. The van der Waals surface area contributed by atoms with E-state index in [4.69, 9.17) is 4.74 Å². The Morgan fingerprint density at radius 3 is 2.57 bits per heavy atom. The highest BCUT2D eigenvalue weighted by atomic mass is 16.5. The molecule has 0 bridgehead atoms.